The second-order valence-electron chi connectivity index (χ2n) is 6.56. The zero-order valence-corrected chi connectivity index (χ0v) is 14.2. The molecular formula is C18H21N5O2. The van der Waals surface area contributed by atoms with E-state index in [4.69, 9.17) is 0 Å². The molecule has 2 aromatic heterocycles. The number of para-hydroxylation sites is 2. The predicted molar refractivity (Wildman–Crippen MR) is 94.3 cm³/mol. The molecule has 7 heteroatoms. The molecule has 3 aromatic rings. The number of aromatic nitrogens is 4. The van der Waals surface area contributed by atoms with E-state index in [9.17, 15) is 9.59 Å². The van der Waals surface area contributed by atoms with Gasteiger partial charge in [0.2, 0.25) is 5.91 Å². The number of hydrogen-bond donors (Lipinski definition) is 0. The van der Waals surface area contributed by atoms with Crippen LogP contribution >= 0.6 is 0 Å². The van der Waals surface area contributed by atoms with Crippen LogP contribution in [-0.4, -0.2) is 42.6 Å². The molecule has 0 saturated carbocycles. The van der Waals surface area contributed by atoms with E-state index in [0.717, 1.165) is 30.4 Å². The highest BCUT2D eigenvalue weighted by molar-refractivity contribution is 5.81. The van der Waals surface area contributed by atoms with E-state index in [-0.39, 0.29) is 24.2 Å². The topological polar surface area (TPSA) is 65.1 Å². The summed E-state index contributed by atoms with van der Waals surface area (Å²) >= 11 is 0. The number of amides is 1. The summed E-state index contributed by atoms with van der Waals surface area (Å²) in [7, 11) is 1.74. The SMILES string of the molecule is Cn1c(=O)n(CC(=O)N2CCC[C@@H](n3ccnc3)C2)c2ccccc21. The van der Waals surface area contributed by atoms with Crippen LogP contribution in [0, 0.1) is 0 Å². The van der Waals surface area contributed by atoms with E-state index in [1.54, 1.807) is 28.7 Å². The maximum Gasteiger partial charge on any atom is 0.329 e. The molecule has 7 nitrogen and oxygen atoms in total. The first-order chi connectivity index (χ1) is 12.1. The number of piperidine rings is 1. The van der Waals surface area contributed by atoms with E-state index in [2.05, 4.69) is 9.55 Å². The van der Waals surface area contributed by atoms with Crippen LogP contribution in [0.3, 0.4) is 0 Å². The van der Waals surface area contributed by atoms with Gasteiger partial charge in [0, 0.05) is 32.5 Å². The normalized spacial score (nSPS) is 18.0. The number of likely N-dealkylation sites (tertiary alicyclic amines) is 1. The molecule has 1 aliphatic rings. The van der Waals surface area contributed by atoms with Crippen LogP contribution in [0.1, 0.15) is 18.9 Å². The highest BCUT2D eigenvalue weighted by Gasteiger charge is 2.25. The third kappa shape index (κ3) is 2.75. The van der Waals surface area contributed by atoms with Crippen molar-refractivity contribution in [3.8, 4) is 0 Å². The molecule has 1 saturated heterocycles. The molecule has 1 fully saturated rings. The quantitative estimate of drug-likeness (QED) is 0.724. The molecule has 4 rings (SSSR count). The Kier molecular flexibility index (Phi) is 3.91. The lowest BCUT2D eigenvalue weighted by molar-refractivity contribution is -0.133. The Morgan fingerprint density at radius 3 is 2.84 bits per heavy atom. The molecule has 1 aromatic carbocycles. The lowest BCUT2D eigenvalue weighted by atomic mass is 10.1. The molecule has 3 heterocycles. The number of imidazole rings is 2. The Balaban J connectivity index is 1.56. The van der Waals surface area contributed by atoms with Crippen molar-refractivity contribution in [2.45, 2.75) is 25.4 Å². The molecule has 1 aliphatic heterocycles. The Hall–Kier alpha value is -2.83. The van der Waals surface area contributed by atoms with Crippen molar-refractivity contribution in [3.63, 3.8) is 0 Å². The predicted octanol–water partition coefficient (Wildman–Crippen LogP) is 1.40. The first-order valence-electron chi connectivity index (χ1n) is 8.54. The molecule has 1 atom stereocenters. The van der Waals surface area contributed by atoms with Crippen molar-refractivity contribution in [3.05, 3.63) is 53.5 Å². The van der Waals surface area contributed by atoms with E-state index in [1.807, 2.05) is 35.4 Å². The molecule has 130 valence electrons. The monoisotopic (exact) mass is 339 g/mol. The van der Waals surface area contributed by atoms with Crippen molar-refractivity contribution in [1.29, 1.82) is 0 Å². The highest BCUT2D eigenvalue weighted by Crippen LogP contribution is 2.21. The van der Waals surface area contributed by atoms with E-state index < -0.39 is 0 Å². The smallest absolute Gasteiger partial charge is 0.329 e. The summed E-state index contributed by atoms with van der Waals surface area (Å²) in [5.74, 6) is -0.0109. The molecule has 25 heavy (non-hydrogen) atoms. The lowest BCUT2D eigenvalue weighted by Gasteiger charge is -2.33. The van der Waals surface area contributed by atoms with Gasteiger partial charge in [-0.05, 0) is 25.0 Å². The first kappa shape index (κ1) is 15.7. The van der Waals surface area contributed by atoms with Crippen LogP contribution in [0.4, 0.5) is 0 Å². The van der Waals surface area contributed by atoms with Crippen molar-refractivity contribution >= 4 is 16.9 Å². The van der Waals surface area contributed by atoms with Gasteiger partial charge in [0.05, 0.1) is 23.4 Å². The van der Waals surface area contributed by atoms with Crippen LogP contribution in [0.15, 0.2) is 47.8 Å². The second-order valence-corrected chi connectivity index (χ2v) is 6.56. The Morgan fingerprint density at radius 2 is 2.08 bits per heavy atom. The van der Waals surface area contributed by atoms with Gasteiger partial charge < -0.3 is 9.47 Å². The molecule has 0 aliphatic carbocycles. The van der Waals surface area contributed by atoms with Gasteiger partial charge >= 0.3 is 5.69 Å². The average Bonchev–Trinajstić information content (AvgIpc) is 3.26. The van der Waals surface area contributed by atoms with Gasteiger partial charge in [-0.3, -0.25) is 13.9 Å². The summed E-state index contributed by atoms with van der Waals surface area (Å²) in [4.78, 5) is 31.3. The van der Waals surface area contributed by atoms with Gasteiger partial charge in [-0.2, -0.15) is 0 Å². The number of rotatable bonds is 3. The van der Waals surface area contributed by atoms with E-state index >= 15 is 0 Å². The number of carbonyl (C=O) groups excluding carboxylic acids is 1. The minimum absolute atomic E-state index is 0.0109. The fourth-order valence-corrected chi connectivity index (χ4v) is 3.66. The number of carbonyl (C=O) groups is 1. The van der Waals surface area contributed by atoms with Crippen molar-refractivity contribution < 1.29 is 4.79 Å². The number of fused-ring (bicyclic) bond motifs is 1. The van der Waals surface area contributed by atoms with Crippen molar-refractivity contribution in [2.75, 3.05) is 13.1 Å². The third-order valence-electron chi connectivity index (χ3n) is 5.04. The number of hydrogen-bond acceptors (Lipinski definition) is 3. The fraction of sp³-hybridized carbons (Fsp3) is 0.389. The molecule has 0 radical (unpaired) electrons. The molecular weight excluding hydrogens is 318 g/mol. The lowest BCUT2D eigenvalue weighted by Crippen LogP contribution is -2.43. The Labute approximate surface area is 145 Å². The van der Waals surface area contributed by atoms with Crippen LogP contribution < -0.4 is 5.69 Å². The van der Waals surface area contributed by atoms with Gasteiger partial charge in [0.1, 0.15) is 6.54 Å². The number of aryl methyl sites for hydroxylation is 1. The third-order valence-corrected chi connectivity index (χ3v) is 5.04. The summed E-state index contributed by atoms with van der Waals surface area (Å²) in [6.45, 7) is 1.48. The van der Waals surface area contributed by atoms with E-state index in [0.29, 0.717) is 6.54 Å². The van der Waals surface area contributed by atoms with Crippen LogP contribution in [-0.2, 0) is 18.4 Å². The largest absolute Gasteiger partial charge is 0.339 e. The van der Waals surface area contributed by atoms with Crippen LogP contribution in [0.5, 0.6) is 0 Å². The second kappa shape index (κ2) is 6.23. The zero-order valence-electron chi connectivity index (χ0n) is 14.2. The molecule has 0 bridgehead atoms. The van der Waals surface area contributed by atoms with Gasteiger partial charge in [-0.15, -0.1) is 0 Å². The maximum atomic E-state index is 12.8. The summed E-state index contributed by atoms with van der Waals surface area (Å²) < 4.78 is 5.22. The minimum atomic E-state index is -0.155. The molecule has 0 unspecified atom stereocenters. The number of nitrogens with zero attached hydrogens (tertiary/aromatic N) is 5. The summed E-state index contributed by atoms with van der Waals surface area (Å²) in [6, 6.07) is 7.82. The maximum absolute atomic E-state index is 12.8. The van der Waals surface area contributed by atoms with Gasteiger partial charge in [-0.25, -0.2) is 9.78 Å². The van der Waals surface area contributed by atoms with Gasteiger partial charge in [0.15, 0.2) is 0 Å². The Morgan fingerprint density at radius 1 is 1.28 bits per heavy atom. The molecule has 0 N–H and O–H groups in total. The minimum Gasteiger partial charge on any atom is -0.339 e. The van der Waals surface area contributed by atoms with Crippen molar-refractivity contribution in [1.82, 2.24) is 23.6 Å². The molecule has 0 spiro atoms. The molecule has 1 amide bonds. The zero-order chi connectivity index (χ0) is 17.4. The fourth-order valence-electron chi connectivity index (χ4n) is 3.66. The van der Waals surface area contributed by atoms with Crippen LogP contribution in [0.2, 0.25) is 0 Å². The van der Waals surface area contributed by atoms with Crippen LogP contribution in [0.25, 0.3) is 11.0 Å². The van der Waals surface area contributed by atoms with E-state index in [1.165, 1.54) is 0 Å². The van der Waals surface area contributed by atoms with Gasteiger partial charge in [-0.1, -0.05) is 12.1 Å². The first-order valence-corrected chi connectivity index (χ1v) is 8.54. The van der Waals surface area contributed by atoms with Gasteiger partial charge in [0.25, 0.3) is 0 Å². The highest BCUT2D eigenvalue weighted by atomic mass is 16.2. The average molecular weight is 339 g/mol. The summed E-state index contributed by atoms with van der Waals surface area (Å²) in [5, 5.41) is 0. The summed E-state index contributed by atoms with van der Waals surface area (Å²) in [5.41, 5.74) is 1.49. The standard InChI is InChI=1S/C18H21N5O2/c1-20-15-6-2-3-7-16(15)23(18(20)25)12-17(24)21-9-4-5-14(11-21)22-10-8-19-13-22/h2-3,6-8,10,13-14H,4-5,9,11-12H2,1H3/t14-/m1/s1. The number of benzene rings is 1. The summed E-state index contributed by atoms with van der Waals surface area (Å²) in [6.07, 6.45) is 7.49. The van der Waals surface area contributed by atoms with Crippen molar-refractivity contribution in [2.24, 2.45) is 7.05 Å². The Bertz CT molecular complexity index is 954.